The average Bonchev–Trinajstić information content (AvgIpc) is 3.26. The van der Waals surface area contributed by atoms with Gasteiger partial charge < -0.3 is 9.64 Å². The molecule has 0 atom stereocenters. The maximum atomic E-state index is 13.0. The van der Waals surface area contributed by atoms with Crippen LogP contribution in [-0.2, 0) is 16.0 Å². The number of rotatable bonds is 5. The van der Waals surface area contributed by atoms with Crippen LogP contribution in [0.5, 0.6) is 0 Å². The predicted molar refractivity (Wildman–Crippen MR) is 118 cm³/mol. The molecule has 2 aromatic carbocycles. The zero-order chi connectivity index (χ0) is 21.6. The Balaban J connectivity index is 1.46. The van der Waals surface area contributed by atoms with Gasteiger partial charge in [0, 0.05) is 18.7 Å². The van der Waals surface area contributed by atoms with E-state index in [2.05, 4.69) is 15.8 Å². The molecule has 1 fully saturated rings. The quantitative estimate of drug-likeness (QED) is 0.598. The van der Waals surface area contributed by atoms with Crippen LogP contribution in [-0.4, -0.2) is 38.1 Å². The van der Waals surface area contributed by atoms with Crippen LogP contribution in [0.4, 0.5) is 9.39 Å². The number of hydrogen-bond donors (Lipinski definition) is 2. The number of hydrogen-bond acceptors (Lipinski definition) is 5. The first-order chi connectivity index (χ1) is 15.1. The number of ether oxygens (including phenoxy) is 1. The second kappa shape index (κ2) is 9.72. The molecule has 1 aliphatic rings. The molecule has 160 valence electrons. The van der Waals surface area contributed by atoms with E-state index >= 15 is 0 Å². The Morgan fingerprint density at radius 3 is 2.42 bits per heavy atom. The first-order valence-electron chi connectivity index (χ1n) is 9.96. The smallest absolute Gasteiger partial charge is 0.279 e. The number of anilines is 1. The summed E-state index contributed by atoms with van der Waals surface area (Å²) < 4.78 is 18.4. The molecule has 1 aliphatic heterocycles. The molecular formula is C23H22FN3O3S. The van der Waals surface area contributed by atoms with Crippen molar-refractivity contribution in [2.75, 3.05) is 31.2 Å². The van der Waals surface area contributed by atoms with Crippen LogP contribution < -0.4 is 15.8 Å². The molecule has 4 rings (SSSR count). The monoisotopic (exact) mass is 439 g/mol. The highest BCUT2D eigenvalue weighted by Gasteiger charge is 2.22. The molecule has 0 radical (unpaired) electrons. The number of thiophene rings is 1. The minimum atomic E-state index is -0.381. The fraction of sp³-hybridized carbons (Fsp3) is 0.217. The van der Waals surface area contributed by atoms with Crippen molar-refractivity contribution < 1.29 is 18.7 Å². The molecule has 0 saturated carbocycles. The van der Waals surface area contributed by atoms with E-state index in [1.165, 1.54) is 35.6 Å². The topological polar surface area (TPSA) is 70.7 Å². The maximum absolute atomic E-state index is 13.0. The maximum Gasteiger partial charge on any atom is 0.279 e. The largest absolute Gasteiger partial charge is 0.378 e. The van der Waals surface area contributed by atoms with Crippen molar-refractivity contribution in [2.45, 2.75) is 6.42 Å². The lowest BCUT2D eigenvalue weighted by Crippen LogP contribution is -2.42. The summed E-state index contributed by atoms with van der Waals surface area (Å²) in [5.74, 6) is -1.12. The molecule has 31 heavy (non-hydrogen) atoms. The molecule has 2 heterocycles. The summed E-state index contributed by atoms with van der Waals surface area (Å²) in [4.78, 5) is 27.6. The SMILES string of the molecule is O=C(Cc1ccc(F)cc1)NNC(=O)c1cc(-c2ccccc2)c(N2CCOCC2)s1. The van der Waals surface area contributed by atoms with Gasteiger partial charge in [0.2, 0.25) is 5.91 Å². The Hall–Kier alpha value is -3.23. The van der Waals surface area contributed by atoms with Crippen LogP contribution >= 0.6 is 11.3 Å². The van der Waals surface area contributed by atoms with Gasteiger partial charge in [-0.15, -0.1) is 11.3 Å². The molecule has 1 aromatic heterocycles. The third kappa shape index (κ3) is 5.28. The summed E-state index contributed by atoms with van der Waals surface area (Å²) >= 11 is 1.39. The molecule has 6 nitrogen and oxygen atoms in total. The molecule has 0 bridgehead atoms. The van der Waals surface area contributed by atoms with E-state index in [1.54, 1.807) is 0 Å². The van der Waals surface area contributed by atoms with Crippen LogP contribution in [0.15, 0.2) is 60.7 Å². The second-order valence-corrected chi connectivity index (χ2v) is 8.13. The molecule has 1 saturated heterocycles. The Morgan fingerprint density at radius 2 is 1.71 bits per heavy atom. The first-order valence-corrected chi connectivity index (χ1v) is 10.8. The van der Waals surface area contributed by atoms with Crippen LogP contribution in [0, 0.1) is 5.82 Å². The number of amides is 2. The minimum Gasteiger partial charge on any atom is -0.378 e. The molecule has 2 N–H and O–H groups in total. The van der Waals surface area contributed by atoms with Crippen molar-refractivity contribution in [3.8, 4) is 11.1 Å². The highest BCUT2D eigenvalue weighted by atomic mass is 32.1. The van der Waals surface area contributed by atoms with Crippen LogP contribution in [0.2, 0.25) is 0 Å². The van der Waals surface area contributed by atoms with E-state index in [0.717, 1.165) is 29.2 Å². The second-order valence-electron chi connectivity index (χ2n) is 7.10. The summed E-state index contributed by atoms with van der Waals surface area (Å²) in [7, 11) is 0. The zero-order valence-corrected chi connectivity index (χ0v) is 17.6. The fourth-order valence-corrected chi connectivity index (χ4v) is 4.47. The molecule has 2 amide bonds. The van der Waals surface area contributed by atoms with Gasteiger partial charge in [-0.25, -0.2) is 4.39 Å². The van der Waals surface area contributed by atoms with E-state index < -0.39 is 0 Å². The van der Waals surface area contributed by atoms with Gasteiger partial charge in [0.15, 0.2) is 0 Å². The summed E-state index contributed by atoms with van der Waals surface area (Å²) in [5.41, 5.74) is 7.58. The van der Waals surface area contributed by atoms with Crippen molar-refractivity contribution >= 4 is 28.2 Å². The van der Waals surface area contributed by atoms with E-state index in [-0.39, 0.29) is 24.1 Å². The lowest BCUT2D eigenvalue weighted by Gasteiger charge is -2.28. The molecule has 8 heteroatoms. The van der Waals surface area contributed by atoms with Crippen molar-refractivity contribution in [1.82, 2.24) is 10.9 Å². The number of nitrogens with one attached hydrogen (secondary N) is 2. The lowest BCUT2D eigenvalue weighted by atomic mass is 10.1. The third-order valence-electron chi connectivity index (χ3n) is 4.91. The van der Waals surface area contributed by atoms with E-state index in [1.807, 2.05) is 36.4 Å². The van der Waals surface area contributed by atoms with Crippen molar-refractivity contribution in [3.63, 3.8) is 0 Å². The van der Waals surface area contributed by atoms with E-state index in [0.29, 0.717) is 23.7 Å². The summed E-state index contributed by atoms with van der Waals surface area (Å²) in [6.45, 7) is 2.81. The zero-order valence-electron chi connectivity index (χ0n) is 16.8. The predicted octanol–water partition coefficient (Wildman–Crippen LogP) is 3.39. The van der Waals surface area contributed by atoms with Gasteiger partial charge >= 0.3 is 0 Å². The summed E-state index contributed by atoms with van der Waals surface area (Å²) in [5, 5.41) is 1.01. The molecule has 0 aliphatic carbocycles. The molecular weight excluding hydrogens is 417 g/mol. The number of nitrogens with zero attached hydrogens (tertiary/aromatic N) is 1. The number of carbonyl (C=O) groups is 2. The lowest BCUT2D eigenvalue weighted by molar-refractivity contribution is -0.121. The van der Waals surface area contributed by atoms with Gasteiger partial charge in [-0.05, 0) is 29.3 Å². The first kappa shape index (κ1) is 21.0. The molecule has 0 spiro atoms. The number of halogens is 1. The number of hydrazine groups is 1. The van der Waals surface area contributed by atoms with Crippen molar-refractivity contribution in [3.05, 3.63) is 76.9 Å². The van der Waals surface area contributed by atoms with Gasteiger partial charge in [-0.2, -0.15) is 0 Å². The standard InChI is InChI=1S/C23H22FN3O3S/c24-18-8-6-16(7-9-18)14-21(28)25-26-22(29)20-15-19(17-4-2-1-3-5-17)23(31-20)27-10-12-30-13-11-27/h1-9,15H,10-14H2,(H,25,28)(H,26,29). The summed E-state index contributed by atoms with van der Waals surface area (Å²) in [6, 6.07) is 17.4. The van der Waals surface area contributed by atoms with Gasteiger partial charge in [0.1, 0.15) is 5.82 Å². The summed E-state index contributed by atoms with van der Waals surface area (Å²) in [6.07, 6.45) is 0.0410. The van der Waals surface area contributed by atoms with Crippen LogP contribution in [0.25, 0.3) is 11.1 Å². The highest BCUT2D eigenvalue weighted by molar-refractivity contribution is 7.18. The van der Waals surface area contributed by atoms with Crippen LogP contribution in [0.3, 0.4) is 0 Å². The fourth-order valence-electron chi connectivity index (χ4n) is 3.34. The number of carbonyl (C=O) groups excluding carboxylic acids is 2. The van der Waals surface area contributed by atoms with Crippen molar-refractivity contribution in [1.29, 1.82) is 0 Å². The normalized spacial score (nSPS) is 13.6. The Labute approximate surface area is 183 Å². The third-order valence-corrected chi connectivity index (χ3v) is 6.11. The van der Waals surface area contributed by atoms with Gasteiger partial charge in [0.05, 0.1) is 29.5 Å². The Bertz CT molecular complexity index is 1050. The van der Waals surface area contributed by atoms with Crippen molar-refractivity contribution in [2.24, 2.45) is 0 Å². The number of benzene rings is 2. The highest BCUT2D eigenvalue weighted by Crippen LogP contribution is 2.39. The Kier molecular flexibility index (Phi) is 6.59. The van der Waals surface area contributed by atoms with E-state index in [9.17, 15) is 14.0 Å². The van der Waals surface area contributed by atoms with Crippen LogP contribution in [0.1, 0.15) is 15.2 Å². The van der Waals surface area contributed by atoms with Gasteiger partial charge in [-0.3, -0.25) is 20.4 Å². The molecule has 3 aromatic rings. The van der Waals surface area contributed by atoms with Gasteiger partial charge in [0.25, 0.3) is 5.91 Å². The minimum absolute atomic E-state index is 0.0410. The Morgan fingerprint density at radius 1 is 1.00 bits per heavy atom. The number of morpholine rings is 1. The average molecular weight is 440 g/mol. The van der Waals surface area contributed by atoms with Gasteiger partial charge in [-0.1, -0.05) is 42.5 Å². The molecule has 0 unspecified atom stereocenters. The van der Waals surface area contributed by atoms with E-state index in [4.69, 9.17) is 4.74 Å².